The summed E-state index contributed by atoms with van der Waals surface area (Å²) in [4.78, 5) is 65.1. The van der Waals surface area contributed by atoms with Crippen molar-refractivity contribution in [1.82, 2.24) is 19.6 Å². The Morgan fingerprint density at radius 2 is 1.00 bits per heavy atom. The first-order chi connectivity index (χ1) is 16.2. The smallest absolute Gasteiger partial charge is 0.317 e. The Balaban J connectivity index is 3.33. The van der Waals surface area contributed by atoms with Crippen molar-refractivity contribution in [2.75, 3.05) is 72.0 Å². The Kier molecular flexibility index (Phi) is 12.2. The molecule has 1 rings (SSSR count). The molecule has 35 heavy (non-hydrogen) atoms. The number of carboxylic acids is 4. The number of nitrogens with zero attached hydrogens (tertiary/aromatic N) is 4. The molecule has 0 amide bonds. The van der Waals surface area contributed by atoms with E-state index in [1.165, 1.54) is 0 Å². The molecule has 0 spiro atoms. The zero-order valence-electron chi connectivity index (χ0n) is 20.7. The minimum absolute atomic E-state index is 0.00926. The topological polar surface area (TPSA) is 179 Å². The number of hydrogen-bond acceptors (Lipinski definition) is 9. The molecule has 0 saturated carbocycles. The second-order valence-corrected chi connectivity index (χ2v) is 9.86. The predicted octanol–water partition coefficient (Wildman–Crippen LogP) is -1.08. The molecule has 0 aromatic carbocycles. The molecular formula is C22H38N4O9. The Morgan fingerprint density at radius 1 is 0.629 bits per heavy atom. The number of ketones is 1. The van der Waals surface area contributed by atoms with Crippen LogP contribution in [0.5, 0.6) is 0 Å². The molecule has 0 aliphatic carbocycles. The second kappa shape index (κ2) is 14.1. The molecule has 1 atom stereocenters. The van der Waals surface area contributed by atoms with Gasteiger partial charge >= 0.3 is 23.9 Å². The van der Waals surface area contributed by atoms with Gasteiger partial charge in [-0.15, -0.1) is 0 Å². The average Bonchev–Trinajstić information content (AvgIpc) is 2.68. The van der Waals surface area contributed by atoms with E-state index >= 15 is 0 Å². The van der Waals surface area contributed by atoms with Crippen LogP contribution in [0.25, 0.3) is 0 Å². The fraction of sp³-hybridized carbons (Fsp3) is 0.773. The van der Waals surface area contributed by atoms with Crippen molar-refractivity contribution < 1.29 is 44.4 Å². The van der Waals surface area contributed by atoms with Crippen LogP contribution in [0.15, 0.2) is 0 Å². The van der Waals surface area contributed by atoms with Gasteiger partial charge in [0.25, 0.3) is 0 Å². The fourth-order valence-corrected chi connectivity index (χ4v) is 3.88. The molecule has 0 radical (unpaired) electrons. The second-order valence-electron chi connectivity index (χ2n) is 9.86. The number of hydrogen-bond donors (Lipinski definition) is 4. The molecule has 13 heteroatoms. The van der Waals surface area contributed by atoms with E-state index in [4.69, 9.17) is 0 Å². The third-order valence-electron chi connectivity index (χ3n) is 5.83. The van der Waals surface area contributed by atoms with Crippen LogP contribution in [-0.2, 0) is 24.0 Å². The van der Waals surface area contributed by atoms with Crippen molar-refractivity contribution in [2.24, 2.45) is 5.41 Å². The van der Waals surface area contributed by atoms with E-state index in [1.54, 1.807) is 40.4 Å². The summed E-state index contributed by atoms with van der Waals surface area (Å²) in [6.45, 7) is 5.16. The molecule has 1 unspecified atom stereocenters. The lowest BCUT2D eigenvalue weighted by atomic mass is 9.86. The van der Waals surface area contributed by atoms with E-state index in [-0.39, 0.29) is 77.7 Å². The largest absolute Gasteiger partial charge is 0.480 e. The lowest BCUT2D eigenvalue weighted by Crippen LogP contribution is -2.53. The predicted molar refractivity (Wildman–Crippen MR) is 124 cm³/mol. The standard InChI is InChI=1S/C22H38N4O9/c1-22(2,3)17(27)10-16-11-25(14-20(32)33)7-6-23(12-18(28)29)4-5-24(13-19(30)31)8-9-26(16)15-21(34)35/h16H,4-15H2,1-3H3,(H,28,29)(H,30,31)(H,32,33)(H,34,35). The van der Waals surface area contributed by atoms with Gasteiger partial charge in [-0.05, 0) is 0 Å². The number of rotatable bonds is 10. The summed E-state index contributed by atoms with van der Waals surface area (Å²) >= 11 is 0. The highest BCUT2D eigenvalue weighted by Gasteiger charge is 2.31. The Hall–Kier alpha value is -2.61. The maximum Gasteiger partial charge on any atom is 0.317 e. The first-order valence-electron chi connectivity index (χ1n) is 11.5. The highest BCUT2D eigenvalue weighted by atomic mass is 16.4. The lowest BCUT2D eigenvalue weighted by Gasteiger charge is -2.38. The van der Waals surface area contributed by atoms with E-state index in [9.17, 15) is 44.4 Å². The van der Waals surface area contributed by atoms with Gasteiger partial charge in [0.1, 0.15) is 5.78 Å². The van der Waals surface area contributed by atoms with Gasteiger partial charge in [0, 0.05) is 63.7 Å². The van der Waals surface area contributed by atoms with Crippen LogP contribution in [0.3, 0.4) is 0 Å². The SMILES string of the molecule is CC(C)(C)C(=O)CC1CN(CC(=O)O)CCN(CC(=O)O)CCN(CC(=O)O)CCN1CC(=O)O. The first-order valence-corrected chi connectivity index (χ1v) is 11.5. The van der Waals surface area contributed by atoms with Crippen molar-refractivity contribution in [3.8, 4) is 0 Å². The van der Waals surface area contributed by atoms with Gasteiger partial charge in [0.15, 0.2) is 0 Å². The molecule has 0 aromatic rings. The number of carbonyl (C=O) groups is 5. The third-order valence-corrected chi connectivity index (χ3v) is 5.83. The molecule has 13 nitrogen and oxygen atoms in total. The fourth-order valence-electron chi connectivity index (χ4n) is 3.88. The van der Waals surface area contributed by atoms with Gasteiger partial charge in [-0.2, -0.15) is 0 Å². The van der Waals surface area contributed by atoms with Crippen LogP contribution in [0.1, 0.15) is 27.2 Å². The highest BCUT2D eigenvalue weighted by Crippen LogP contribution is 2.21. The van der Waals surface area contributed by atoms with Crippen molar-refractivity contribution in [3.63, 3.8) is 0 Å². The van der Waals surface area contributed by atoms with Crippen molar-refractivity contribution >= 4 is 29.7 Å². The van der Waals surface area contributed by atoms with Gasteiger partial charge in [-0.3, -0.25) is 43.6 Å². The minimum Gasteiger partial charge on any atom is -0.480 e. The summed E-state index contributed by atoms with van der Waals surface area (Å²) in [7, 11) is 0. The monoisotopic (exact) mass is 502 g/mol. The van der Waals surface area contributed by atoms with E-state index in [0.29, 0.717) is 0 Å². The van der Waals surface area contributed by atoms with Gasteiger partial charge in [0.05, 0.1) is 26.2 Å². The summed E-state index contributed by atoms with van der Waals surface area (Å²) in [5, 5.41) is 37.5. The quantitative estimate of drug-likeness (QED) is 0.284. The molecule has 1 fully saturated rings. The average molecular weight is 503 g/mol. The van der Waals surface area contributed by atoms with E-state index in [0.717, 1.165) is 0 Å². The number of aliphatic carboxylic acids is 4. The van der Waals surface area contributed by atoms with E-state index < -0.39 is 41.9 Å². The first kappa shape index (κ1) is 30.4. The van der Waals surface area contributed by atoms with Gasteiger partial charge in [-0.1, -0.05) is 20.8 Å². The summed E-state index contributed by atoms with van der Waals surface area (Å²) in [6, 6.07) is -0.629. The minimum atomic E-state index is -1.12. The molecule has 200 valence electrons. The molecule has 1 aliphatic heterocycles. The van der Waals surface area contributed by atoms with Crippen molar-refractivity contribution in [2.45, 2.75) is 33.2 Å². The normalized spacial score (nSPS) is 20.5. The van der Waals surface area contributed by atoms with Gasteiger partial charge < -0.3 is 20.4 Å². The van der Waals surface area contributed by atoms with E-state index in [1.807, 2.05) is 0 Å². The maximum atomic E-state index is 12.9. The lowest BCUT2D eigenvalue weighted by molar-refractivity contribution is -0.142. The molecule has 0 aromatic heterocycles. The zero-order valence-corrected chi connectivity index (χ0v) is 20.7. The Morgan fingerprint density at radius 3 is 1.40 bits per heavy atom. The van der Waals surface area contributed by atoms with Crippen LogP contribution in [0.4, 0.5) is 0 Å². The molecule has 1 aliphatic rings. The molecule has 1 heterocycles. The highest BCUT2D eigenvalue weighted by molar-refractivity contribution is 5.84. The molecule has 1 saturated heterocycles. The summed E-state index contributed by atoms with van der Waals surface area (Å²) in [5.74, 6) is -4.46. The third kappa shape index (κ3) is 12.6. The Bertz CT molecular complexity index is 769. The van der Waals surface area contributed by atoms with E-state index in [2.05, 4.69) is 0 Å². The van der Waals surface area contributed by atoms with Gasteiger partial charge in [0.2, 0.25) is 0 Å². The summed E-state index contributed by atoms with van der Waals surface area (Å²) < 4.78 is 0. The molecule has 4 N–H and O–H groups in total. The van der Waals surface area contributed by atoms with Crippen LogP contribution in [0.2, 0.25) is 0 Å². The number of Topliss-reactive ketones (excluding diaryl/α,β-unsaturated/α-hetero) is 1. The number of carboxylic acid groups (broad SMARTS) is 4. The zero-order chi connectivity index (χ0) is 26.8. The van der Waals surface area contributed by atoms with Crippen LogP contribution < -0.4 is 0 Å². The van der Waals surface area contributed by atoms with Gasteiger partial charge in [-0.25, -0.2) is 0 Å². The van der Waals surface area contributed by atoms with Crippen LogP contribution >= 0.6 is 0 Å². The van der Waals surface area contributed by atoms with Crippen LogP contribution in [0, 0.1) is 5.41 Å². The summed E-state index contributed by atoms with van der Waals surface area (Å²) in [6.07, 6.45) is -0.00926. The molecular weight excluding hydrogens is 464 g/mol. The summed E-state index contributed by atoms with van der Waals surface area (Å²) in [5.41, 5.74) is -0.691. The molecule has 0 bridgehead atoms. The number of carbonyl (C=O) groups excluding carboxylic acids is 1. The van der Waals surface area contributed by atoms with Crippen LogP contribution in [-0.4, -0.2) is 148 Å². The Labute approximate surface area is 204 Å². The van der Waals surface area contributed by atoms with Crippen molar-refractivity contribution in [1.29, 1.82) is 0 Å². The van der Waals surface area contributed by atoms with Crippen molar-refractivity contribution in [3.05, 3.63) is 0 Å². The maximum absolute atomic E-state index is 12.9.